The van der Waals surface area contributed by atoms with Crippen molar-refractivity contribution < 1.29 is 14.3 Å². The van der Waals surface area contributed by atoms with Crippen LogP contribution in [0.25, 0.3) is 0 Å². The first-order valence-electron chi connectivity index (χ1n) is 9.06. The van der Waals surface area contributed by atoms with Crippen LogP contribution in [0.1, 0.15) is 25.3 Å². The number of hydrogen-bond acceptors (Lipinski definition) is 4. The van der Waals surface area contributed by atoms with Gasteiger partial charge in [-0.3, -0.25) is 9.69 Å². The van der Waals surface area contributed by atoms with Gasteiger partial charge in [-0.2, -0.15) is 0 Å². The lowest BCUT2D eigenvalue weighted by molar-refractivity contribution is -0.135. The minimum atomic E-state index is -0.346. The molecule has 0 bridgehead atoms. The maximum Gasteiger partial charge on any atom is 0.257 e. The molecule has 0 N–H and O–H groups in total. The number of para-hydroxylation sites is 1. The number of rotatable bonds is 2. The Balaban J connectivity index is 1.61. The lowest BCUT2D eigenvalue weighted by atomic mass is 9.76. The number of hydrogen-bond donors (Lipinski definition) is 0. The standard InChI is InChI=1S/C19H26N2O3/c1-2-20-9-12-24-17(13-20)18(22)21-14-19(7-10-23-11-8-19)15-5-3-4-6-16(15)21/h3-6,17H,2,7-14H2,1H3. The third-order valence-corrected chi connectivity index (χ3v) is 5.82. The molecule has 1 aromatic rings. The average molecular weight is 330 g/mol. The number of benzene rings is 1. The Kier molecular flexibility index (Phi) is 4.33. The zero-order chi connectivity index (χ0) is 16.6. The Morgan fingerprint density at radius 1 is 1.25 bits per heavy atom. The molecular formula is C19H26N2O3. The molecule has 3 aliphatic heterocycles. The quantitative estimate of drug-likeness (QED) is 0.829. The van der Waals surface area contributed by atoms with Crippen molar-refractivity contribution in [1.29, 1.82) is 0 Å². The maximum absolute atomic E-state index is 13.2. The number of carbonyl (C=O) groups excluding carboxylic acids is 1. The van der Waals surface area contributed by atoms with E-state index in [-0.39, 0.29) is 17.4 Å². The Bertz CT molecular complexity index is 612. The number of morpholine rings is 1. The van der Waals surface area contributed by atoms with Crippen molar-refractivity contribution >= 4 is 11.6 Å². The van der Waals surface area contributed by atoms with E-state index in [2.05, 4.69) is 30.0 Å². The van der Waals surface area contributed by atoms with Crippen LogP contribution in [0.3, 0.4) is 0 Å². The molecule has 1 aromatic carbocycles. The summed E-state index contributed by atoms with van der Waals surface area (Å²) in [5.41, 5.74) is 2.44. The molecular weight excluding hydrogens is 304 g/mol. The van der Waals surface area contributed by atoms with E-state index >= 15 is 0 Å². The highest BCUT2D eigenvalue weighted by Crippen LogP contribution is 2.46. The number of nitrogens with zero attached hydrogens (tertiary/aromatic N) is 2. The second-order valence-corrected chi connectivity index (χ2v) is 7.09. The van der Waals surface area contributed by atoms with Gasteiger partial charge in [-0.15, -0.1) is 0 Å². The van der Waals surface area contributed by atoms with Crippen LogP contribution in [0.4, 0.5) is 5.69 Å². The Morgan fingerprint density at radius 3 is 2.83 bits per heavy atom. The molecule has 1 atom stereocenters. The highest BCUT2D eigenvalue weighted by atomic mass is 16.5. The summed E-state index contributed by atoms with van der Waals surface area (Å²) >= 11 is 0. The summed E-state index contributed by atoms with van der Waals surface area (Å²) in [5.74, 6) is 0.115. The first-order chi connectivity index (χ1) is 11.7. The summed E-state index contributed by atoms with van der Waals surface area (Å²) in [4.78, 5) is 17.5. The SMILES string of the molecule is CCN1CCOC(C(=O)N2CC3(CCOCC3)c3ccccc32)C1. The Morgan fingerprint density at radius 2 is 2.04 bits per heavy atom. The van der Waals surface area contributed by atoms with Crippen LogP contribution >= 0.6 is 0 Å². The summed E-state index contributed by atoms with van der Waals surface area (Å²) < 4.78 is 11.4. The molecule has 2 saturated heterocycles. The molecule has 1 spiro atoms. The molecule has 1 unspecified atom stereocenters. The van der Waals surface area contributed by atoms with E-state index in [4.69, 9.17) is 9.47 Å². The van der Waals surface area contributed by atoms with Crippen LogP contribution in [0.5, 0.6) is 0 Å². The van der Waals surface area contributed by atoms with Crippen LogP contribution < -0.4 is 4.90 Å². The molecule has 4 rings (SSSR count). The predicted molar refractivity (Wildman–Crippen MR) is 92.4 cm³/mol. The first-order valence-corrected chi connectivity index (χ1v) is 9.06. The van der Waals surface area contributed by atoms with Gasteiger partial charge in [0.1, 0.15) is 6.10 Å². The minimum absolute atomic E-state index is 0.0591. The number of anilines is 1. The molecule has 5 nitrogen and oxygen atoms in total. The number of fused-ring (bicyclic) bond motifs is 2. The molecule has 0 radical (unpaired) electrons. The van der Waals surface area contributed by atoms with Crippen molar-refractivity contribution in [2.75, 3.05) is 50.9 Å². The minimum Gasteiger partial charge on any atom is -0.381 e. The number of carbonyl (C=O) groups is 1. The second-order valence-electron chi connectivity index (χ2n) is 7.09. The van der Waals surface area contributed by atoms with Gasteiger partial charge in [-0.1, -0.05) is 25.1 Å². The van der Waals surface area contributed by atoms with E-state index in [0.717, 1.165) is 51.4 Å². The zero-order valence-electron chi connectivity index (χ0n) is 14.4. The van der Waals surface area contributed by atoms with Crippen LogP contribution in [0.15, 0.2) is 24.3 Å². The summed E-state index contributed by atoms with van der Waals surface area (Å²) in [6.07, 6.45) is 1.63. The summed E-state index contributed by atoms with van der Waals surface area (Å²) in [6.45, 7) is 7.67. The van der Waals surface area contributed by atoms with Gasteiger partial charge >= 0.3 is 0 Å². The van der Waals surface area contributed by atoms with Gasteiger partial charge in [0.2, 0.25) is 0 Å². The molecule has 1 amide bonds. The third kappa shape index (κ3) is 2.65. The predicted octanol–water partition coefficient (Wildman–Crippen LogP) is 1.80. The molecule has 3 heterocycles. The lowest BCUT2D eigenvalue weighted by Crippen LogP contribution is -2.52. The molecule has 5 heteroatoms. The summed E-state index contributed by atoms with van der Waals surface area (Å²) in [7, 11) is 0. The second kappa shape index (κ2) is 6.47. The highest BCUT2D eigenvalue weighted by Gasteiger charge is 2.46. The van der Waals surface area contributed by atoms with Gasteiger partial charge in [-0.25, -0.2) is 0 Å². The van der Waals surface area contributed by atoms with E-state index in [0.29, 0.717) is 13.2 Å². The lowest BCUT2D eigenvalue weighted by Gasteiger charge is -2.36. The fourth-order valence-corrected chi connectivity index (χ4v) is 4.33. The van der Waals surface area contributed by atoms with Gasteiger partial charge in [0.05, 0.1) is 6.61 Å². The first kappa shape index (κ1) is 16.1. The molecule has 130 valence electrons. The maximum atomic E-state index is 13.2. The zero-order valence-corrected chi connectivity index (χ0v) is 14.4. The smallest absolute Gasteiger partial charge is 0.257 e. The number of ether oxygens (including phenoxy) is 2. The average Bonchev–Trinajstić information content (AvgIpc) is 2.96. The van der Waals surface area contributed by atoms with Crippen molar-refractivity contribution in [3.8, 4) is 0 Å². The van der Waals surface area contributed by atoms with Gasteiger partial charge in [0, 0.05) is 44.0 Å². The Labute approximate surface area is 143 Å². The molecule has 24 heavy (non-hydrogen) atoms. The van der Waals surface area contributed by atoms with Crippen LogP contribution in [-0.2, 0) is 19.7 Å². The highest BCUT2D eigenvalue weighted by molar-refractivity contribution is 5.99. The van der Waals surface area contributed by atoms with Gasteiger partial charge < -0.3 is 14.4 Å². The molecule has 0 aliphatic carbocycles. The fraction of sp³-hybridized carbons (Fsp3) is 0.632. The normalized spacial score (nSPS) is 26.5. The molecule has 0 aromatic heterocycles. The molecule has 2 fully saturated rings. The van der Waals surface area contributed by atoms with Crippen LogP contribution in [0, 0.1) is 0 Å². The van der Waals surface area contributed by atoms with E-state index in [1.165, 1.54) is 5.56 Å². The summed E-state index contributed by atoms with van der Waals surface area (Å²) in [5, 5.41) is 0. The van der Waals surface area contributed by atoms with E-state index in [1.807, 2.05) is 11.0 Å². The van der Waals surface area contributed by atoms with E-state index in [9.17, 15) is 4.79 Å². The summed E-state index contributed by atoms with van der Waals surface area (Å²) in [6, 6.07) is 8.38. The molecule has 3 aliphatic rings. The van der Waals surface area contributed by atoms with Crippen molar-refractivity contribution in [3.05, 3.63) is 29.8 Å². The number of likely N-dealkylation sites (N-methyl/N-ethyl adjacent to an activating group) is 1. The number of amides is 1. The monoisotopic (exact) mass is 330 g/mol. The third-order valence-electron chi connectivity index (χ3n) is 5.82. The van der Waals surface area contributed by atoms with Gasteiger partial charge in [-0.05, 0) is 31.0 Å². The van der Waals surface area contributed by atoms with Crippen molar-refractivity contribution in [2.45, 2.75) is 31.3 Å². The Hall–Kier alpha value is -1.43. The van der Waals surface area contributed by atoms with E-state index < -0.39 is 0 Å². The topological polar surface area (TPSA) is 42.0 Å². The van der Waals surface area contributed by atoms with Crippen LogP contribution in [0.2, 0.25) is 0 Å². The van der Waals surface area contributed by atoms with Crippen molar-refractivity contribution in [1.82, 2.24) is 4.90 Å². The largest absolute Gasteiger partial charge is 0.381 e. The van der Waals surface area contributed by atoms with Gasteiger partial charge in [0.25, 0.3) is 5.91 Å². The van der Waals surface area contributed by atoms with Crippen LogP contribution in [-0.4, -0.2) is 62.9 Å². The van der Waals surface area contributed by atoms with Crippen molar-refractivity contribution in [2.24, 2.45) is 0 Å². The molecule has 0 saturated carbocycles. The fourth-order valence-electron chi connectivity index (χ4n) is 4.33. The van der Waals surface area contributed by atoms with Gasteiger partial charge in [0.15, 0.2) is 0 Å². The van der Waals surface area contributed by atoms with Crippen molar-refractivity contribution in [3.63, 3.8) is 0 Å². The van der Waals surface area contributed by atoms with E-state index in [1.54, 1.807) is 0 Å².